The van der Waals surface area contributed by atoms with Crippen molar-refractivity contribution >= 4 is 5.69 Å². The molecule has 0 amide bonds. The van der Waals surface area contributed by atoms with Crippen LogP contribution in [0.5, 0.6) is 0 Å². The molecule has 16 heavy (non-hydrogen) atoms. The Morgan fingerprint density at radius 1 is 1.31 bits per heavy atom. The number of nitrogens with two attached hydrogens (primary N) is 1. The molecule has 0 aliphatic rings. The van der Waals surface area contributed by atoms with Gasteiger partial charge in [0.25, 0.3) is 0 Å². The third-order valence-electron chi connectivity index (χ3n) is 2.55. The molecule has 4 heteroatoms. The lowest BCUT2D eigenvalue weighted by atomic mass is 10.1. The average Bonchev–Trinajstić information content (AvgIpc) is 2.74. The lowest BCUT2D eigenvalue weighted by Gasteiger charge is -2.01. The van der Waals surface area contributed by atoms with Gasteiger partial charge < -0.3 is 5.73 Å². The first-order valence-corrected chi connectivity index (χ1v) is 5.57. The first kappa shape index (κ1) is 10.7. The van der Waals surface area contributed by atoms with E-state index in [9.17, 15) is 0 Å². The second-order valence-electron chi connectivity index (χ2n) is 3.85. The van der Waals surface area contributed by atoms with Crippen LogP contribution in [0.25, 0.3) is 11.3 Å². The number of aromatic nitrogens is 3. The number of nitrogen functional groups attached to an aromatic ring is 1. The van der Waals surface area contributed by atoms with Crippen molar-refractivity contribution in [3.8, 4) is 11.3 Å². The summed E-state index contributed by atoms with van der Waals surface area (Å²) in [4.78, 5) is 0. The van der Waals surface area contributed by atoms with Gasteiger partial charge in [-0.25, -0.2) is 0 Å². The van der Waals surface area contributed by atoms with E-state index in [0.29, 0.717) is 0 Å². The number of hydrogen-bond acceptors (Lipinski definition) is 3. The van der Waals surface area contributed by atoms with Crippen molar-refractivity contribution in [2.75, 3.05) is 5.73 Å². The van der Waals surface area contributed by atoms with Crippen LogP contribution in [0.2, 0.25) is 0 Å². The Bertz CT molecular complexity index is 462. The van der Waals surface area contributed by atoms with E-state index in [0.717, 1.165) is 41.9 Å². The van der Waals surface area contributed by atoms with Gasteiger partial charge in [0, 0.05) is 11.3 Å². The molecule has 1 heterocycles. The maximum absolute atomic E-state index is 5.76. The fraction of sp³-hybridized carbons (Fsp3) is 0.333. The maximum Gasteiger partial charge on any atom is 0.116 e. The number of anilines is 1. The fourth-order valence-electron chi connectivity index (χ4n) is 1.69. The van der Waals surface area contributed by atoms with Crippen molar-refractivity contribution in [3.05, 3.63) is 30.0 Å². The summed E-state index contributed by atoms with van der Waals surface area (Å²) < 4.78 is 0. The molecule has 0 saturated carbocycles. The van der Waals surface area contributed by atoms with E-state index in [2.05, 4.69) is 22.3 Å². The molecule has 1 aromatic heterocycles. The number of H-pyrrole nitrogens is 1. The first-order chi connectivity index (χ1) is 7.81. The molecule has 84 valence electrons. The number of unbranched alkanes of at least 4 members (excludes halogenated alkanes) is 1. The molecule has 3 N–H and O–H groups in total. The third-order valence-corrected chi connectivity index (χ3v) is 2.55. The van der Waals surface area contributed by atoms with Crippen LogP contribution in [0.1, 0.15) is 25.5 Å². The van der Waals surface area contributed by atoms with Crippen LogP contribution in [-0.2, 0) is 6.42 Å². The number of aromatic amines is 1. The smallest absolute Gasteiger partial charge is 0.116 e. The van der Waals surface area contributed by atoms with Crippen molar-refractivity contribution in [1.82, 2.24) is 15.4 Å². The normalized spacial score (nSPS) is 10.6. The van der Waals surface area contributed by atoms with E-state index >= 15 is 0 Å². The highest BCUT2D eigenvalue weighted by Crippen LogP contribution is 2.22. The Balaban J connectivity index is 2.29. The molecule has 0 saturated heterocycles. The molecule has 0 fully saturated rings. The third kappa shape index (κ3) is 2.21. The standard InChI is InChI=1S/C12H16N4/c1-2-3-7-11-12(15-16-14-11)9-5-4-6-10(13)8-9/h4-6,8H,2-3,7,13H2,1H3,(H,14,15,16). The maximum atomic E-state index is 5.76. The zero-order valence-corrected chi connectivity index (χ0v) is 9.40. The van der Waals surface area contributed by atoms with Gasteiger partial charge in [-0.05, 0) is 25.0 Å². The molecule has 0 aliphatic heterocycles. The van der Waals surface area contributed by atoms with E-state index < -0.39 is 0 Å². The molecule has 0 radical (unpaired) electrons. The van der Waals surface area contributed by atoms with Crippen LogP contribution in [0.3, 0.4) is 0 Å². The van der Waals surface area contributed by atoms with Crippen LogP contribution < -0.4 is 5.73 Å². The zero-order chi connectivity index (χ0) is 11.4. The number of nitrogens with zero attached hydrogens (tertiary/aromatic N) is 2. The lowest BCUT2D eigenvalue weighted by molar-refractivity contribution is 0.770. The lowest BCUT2D eigenvalue weighted by Crippen LogP contribution is -1.91. The predicted octanol–water partition coefficient (Wildman–Crippen LogP) is 2.40. The van der Waals surface area contributed by atoms with Gasteiger partial charge in [0.2, 0.25) is 0 Å². The minimum absolute atomic E-state index is 0.752. The number of hydrogen-bond donors (Lipinski definition) is 2. The van der Waals surface area contributed by atoms with Crippen molar-refractivity contribution in [2.45, 2.75) is 26.2 Å². The van der Waals surface area contributed by atoms with Gasteiger partial charge in [-0.1, -0.05) is 25.5 Å². The summed E-state index contributed by atoms with van der Waals surface area (Å²) in [7, 11) is 0. The molecule has 4 nitrogen and oxygen atoms in total. The quantitative estimate of drug-likeness (QED) is 0.771. The van der Waals surface area contributed by atoms with Gasteiger partial charge in [-0.3, -0.25) is 0 Å². The summed E-state index contributed by atoms with van der Waals surface area (Å²) in [6.45, 7) is 2.17. The Hall–Kier alpha value is -1.84. The molecule has 0 bridgehead atoms. The topological polar surface area (TPSA) is 67.6 Å². The molecule has 0 spiro atoms. The second-order valence-corrected chi connectivity index (χ2v) is 3.85. The van der Waals surface area contributed by atoms with E-state index in [4.69, 9.17) is 5.73 Å². The highest BCUT2D eigenvalue weighted by Gasteiger charge is 2.09. The van der Waals surface area contributed by atoms with Crippen LogP contribution in [0.15, 0.2) is 24.3 Å². The number of benzene rings is 1. The summed E-state index contributed by atoms with van der Waals surface area (Å²) in [5.41, 5.74) is 9.47. The summed E-state index contributed by atoms with van der Waals surface area (Å²) in [6, 6.07) is 7.73. The number of aryl methyl sites for hydroxylation is 1. The molecule has 2 rings (SSSR count). The van der Waals surface area contributed by atoms with Crippen LogP contribution in [0, 0.1) is 0 Å². The highest BCUT2D eigenvalue weighted by molar-refractivity contribution is 5.65. The minimum atomic E-state index is 0.752. The van der Waals surface area contributed by atoms with Crippen LogP contribution in [-0.4, -0.2) is 15.4 Å². The second kappa shape index (κ2) is 4.79. The van der Waals surface area contributed by atoms with Crippen molar-refractivity contribution in [1.29, 1.82) is 0 Å². The Morgan fingerprint density at radius 2 is 2.19 bits per heavy atom. The molecule has 0 unspecified atom stereocenters. The van der Waals surface area contributed by atoms with E-state index in [-0.39, 0.29) is 0 Å². The van der Waals surface area contributed by atoms with E-state index in [1.54, 1.807) is 0 Å². The summed E-state index contributed by atoms with van der Waals surface area (Å²) >= 11 is 0. The Labute approximate surface area is 94.9 Å². The number of rotatable bonds is 4. The summed E-state index contributed by atoms with van der Waals surface area (Å²) in [5, 5.41) is 11.1. The van der Waals surface area contributed by atoms with Gasteiger partial charge in [0.1, 0.15) is 5.69 Å². The summed E-state index contributed by atoms with van der Waals surface area (Å²) in [5.74, 6) is 0. The van der Waals surface area contributed by atoms with Gasteiger partial charge in [-0.15, -0.1) is 0 Å². The average molecular weight is 216 g/mol. The SMILES string of the molecule is CCCCc1n[nH]nc1-c1cccc(N)c1. The van der Waals surface area contributed by atoms with Gasteiger partial charge in [0.05, 0.1) is 5.69 Å². The fourth-order valence-corrected chi connectivity index (χ4v) is 1.69. The predicted molar refractivity (Wildman–Crippen MR) is 64.8 cm³/mol. The van der Waals surface area contributed by atoms with Crippen molar-refractivity contribution in [3.63, 3.8) is 0 Å². The Kier molecular flexibility index (Phi) is 3.19. The summed E-state index contributed by atoms with van der Waals surface area (Å²) in [6.07, 6.45) is 3.24. The van der Waals surface area contributed by atoms with Crippen LogP contribution in [0.4, 0.5) is 5.69 Å². The molecule has 1 aromatic carbocycles. The van der Waals surface area contributed by atoms with Gasteiger partial charge in [-0.2, -0.15) is 15.4 Å². The molecule has 0 atom stereocenters. The monoisotopic (exact) mass is 216 g/mol. The zero-order valence-electron chi connectivity index (χ0n) is 9.40. The van der Waals surface area contributed by atoms with Crippen molar-refractivity contribution in [2.24, 2.45) is 0 Å². The van der Waals surface area contributed by atoms with Gasteiger partial charge >= 0.3 is 0 Å². The largest absolute Gasteiger partial charge is 0.399 e. The molecular weight excluding hydrogens is 200 g/mol. The molecule has 2 aromatic rings. The van der Waals surface area contributed by atoms with Crippen molar-refractivity contribution < 1.29 is 0 Å². The first-order valence-electron chi connectivity index (χ1n) is 5.57. The molecular formula is C12H16N4. The number of nitrogens with one attached hydrogen (secondary N) is 1. The minimum Gasteiger partial charge on any atom is -0.399 e. The van der Waals surface area contributed by atoms with Gasteiger partial charge in [0.15, 0.2) is 0 Å². The Morgan fingerprint density at radius 3 is 2.94 bits per heavy atom. The van der Waals surface area contributed by atoms with E-state index in [1.165, 1.54) is 0 Å². The van der Waals surface area contributed by atoms with Crippen LogP contribution >= 0.6 is 0 Å². The highest BCUT2D eigenvalue weighted by atomic mass is 15.3. The molecule has 0 aliphatic carbocycles. The van der Waals surface area contributed by atoms with E-state index in [1.807, 2.05) is 24.3 Å².